The van der Waals surface area contributed by atoms with Gasteiger partial charge in [-0.15, -0.1) is 0 Å². The molecule has 0 bridgehead atoms. The van der Waals surface area contributed by atoms with E-state index >= 15 is 0 Å². The summed E-state index contributed by atoms with van der Waals surface area (Å²) in [5.74, 6) is 1.07. The molecule has 1 saturated heterocycles. The molecule has 4 nitrogen and oxygen atoms in total. The summed E-state index contributed by atoms with van der Waals surface area (Å²) >= 11 is 0. The van der Waals surface area contributed by atoms with Gasteiger partial charge in [-0.05, 0) is 50.6 Å². The monoisotopic (exact) mass is 315 g/mol. The maximum absolute atomic E-state index is 12.2. The molecule has 4 heteroatoms. The molecule has 2 N–H and O–H groups in total. The number of rotatable bonds is 7. The van der Waals surface area contributed by atoms with Gasteiger partial charge in [0.1, 0.15) is 0 Å². The SMILES string of the molecule is CC(NC(=O)CN1CCC(NCC2CC2)CC1)c1ccccc1. The first-order valence-electron chi connectivity index (χ1n) is 9.01. The van der Waals surface area contributed by atoms with Crippen LogP contribution in [-0.4, -0.2) is 43.0 Å². The second kappa shape index (κ2) is 7.93. The average molecular weight is 315 g/mol. The van der Waals surface area contributed by atoms with Gasteiger partial charge in [0.25, 0.3) is 0 Å². The molecule has 1 amide bonds. The molecule has 1 unspecified atom stereocenters. The van der Waals surface area contributed by atoms with Crippen molar-refractivity contribution in [2.45, 2.75) is 44.7 Å². The van der Waals surface area contributed by atoms with E-state index in [1.807, 2.05) is 25.1 Å². The first kappa shape index (κ1) is 16.5. The number of amides is 1. The zero-order valence-corrected chi connectivity index (χ0v) is 14.1. The Kier molecular flexibility index (Phi) is 5.68. The predicted octanol–water partition coefficient (Wildman–Crippen LogP) is 2.33. The fourth-order valence-corrected chi connectivity index (χ4v) is 3.27. The van der Waals surface area contributed by atoms with Gasteiger partial charge in [-0.2, -0.15) is 0 Å². The van der Waals surface area contributed by atoms with Gasteiger partial charge in [0, 0.05) is 19.1 Å². The number of nitrogens with zero attached hydrogens (tertiary/aromatic N) is 1. The van der Waals surface area contributed by atoms with Crippen LogP contribution in [0, 0.1) is 5.92 Å². The Hall–Kier alpha value is -1.39. The highest BCUT2D eigenvalue weighted by Crippen LogP contribution is 2.28. The van der Waals surface area contributed by atoms with Crippen LogP contribution in [0.25, 0.3) is 0 Å². The van der Waals surface area contributed by atoms with E-state index in [1.54, 1.807) is 0 Å². The molecule has 1 heterocycles. The summed E-state index contributed by atoms with van der Waals surface area (Å²) in [4.78, 5) is 14.5. The largest absolute Gasteiger partial charge is 0.348 e. The lowest BCUT2D eigenvalue weighted by Crippen LogP contribution is -2.46. The third kappa shape index (κ3) is 5.33. The minimum atomic E-state index is 0.0708. The summed E-state index contributed by atoms with van der Waals surface area (Å²) in [6.07, 6.45) is 5.14. The Bertz CT molecular complexity index is 493. The lowest BCUT2D eigenvalue weighted by Gasteiger charge is -2.32. The lowest BCUT2D eigenvalue weighted by molar-refractivity contribution is -0.123. The molecule has 23 heavy (non-hydrogen) atoms. The first-order valence-corrected chi connectivity index (χ1v) is 9.01. The van der Waals surface area contributed by atoms with Crippen LogP contribution in [0.1, 0.15) is 44.2 Å². The van der Waals surface area contributed by atoms with E-state index in [-0.39, 0.29) is 11.9 Å². The van der Waals surface area contributed by atoms with Gasteiger partial charge in [0.05, 0.1) is 12.6 Å². The molecule has 0 spiro atoms. The number of likely N-dealkylation sites (tertiary alicyclic amines) is 1. The van der Waals surface area contributed by atoms with Crippen molar-refractivity contribution >= 4 is 5.91 Å². The Labute approximate surface area is 139 Å². The van der Waals surface area contributed by atoms with Crippen LogP contribution in [0.2, 0.25) is 0 Å². The summed E-state index contributed by atoms with van der Waals surface area (Å²) in [5.41, 5.74) is 1.16. The number of piperidine rings is 1. The van der Waals surface area contributed by atoms with Crippen LogP contribution < -0.4 is 10.6 Å². The van der Waals surface area contributed by atoms with Crippen molar-refractivity contribution < 1.29 is 4.79 Å². The molecule has 1 atom stereocenters. The molecule has 1 aliphatic heterocycles. The van der Waals surface area contributed by atoms with Gasteiger partial charge < -0.3 is 10.6 Å². The molecule has 1 aromatic rings. The number of hydrogen-bond acceptors (Lipinski definition) is 3. The number of carbonyl (C=O) groups excluding carboxylic acids is 1. The summed E-state index contributed by atoms with van der Waals surface area (Å²) in [6, 6.07) is 10.9. The highest BCUT2D eigenvalue weighted by molar-refractivity contribution is 5.78. The Morgan fingerprint density at radius 1 is 1.17 bits per heavy atom. The molecular weight excluding hydrogens is 286 g/mol. The third-order valence-electron chi connectivity index (χ3n) is 5.02. The predicted molar refractivity (Wildman–Crippen MR) is 93.2 cm³/mol. The molecule has 2 fully saturated rings. The fourth-order valence-electron chi connectivity index (χ4n) is 3.27. The van der Waals surface area contributed by atoms with E-state index < -0.39 is 0 Å². The lowest BCUT2D eigenvalue weighted by atomic mass is 10.0. The third-order valence-corrected chi connectivity index (χ3v) is 5.02. The first-order chi connectivity index (χ1) is 11.2. The van der Waals surface area contributed by atoms with Gasteiger partial charge in [-0.3, -0.25) is 9.69 Å². The van der Waals surface area contributed by atoms with Crippen molar-refractivity contribution in [3.05, 3.63) is 35.9 Å². The molecule has 0 radical (unpaired) electrons. The maximum atomic E-state index is 12.2. The summed E-state index contributed by atoms with van der Waals surface area (Å²) < 4.78 is 0. The zero-order chi connectivity index (χ0) is 16.1. The van der Waals surface area contributed by atoms with E-state index in [0.717, 1.165) is 37.4 Å². The van der Waals surface area contributed by atoms with Gasteiger partial charge in [-0.1, -0.05) is 30.3 Å². The van der Waals surface area contributed by atoms with E-state index in [4.69, 9.17) is 0 Å². The molecule has 126 valence electrons. The van der Waals surface area contributed by atoms with Crippen LogP contribution in [0.4, 0.5) is 0 Å². The van der Waals surface area contributed by atoms with Crippen molar-refractivity contribution in [2.24, 2.45) is 5.92 Å². The molecule has 0 aromatic heterocycles. The highest BCUT2D eigenvalue weighted by Gasteiger charge is 2.25. The van der Waals surface area contributed by atoms with E-state index in [9.17, 15) is 4.79 Å². The number of hydrogen-bond donors (Lipinski definition) is 2. The van der Waals surface area contributed by atoms with Crippen molar-refractivity contribution in [1.82, 2.24) is 15.5 Å². The van der Waals surface area contributed by atoms with Gasteiger partial charge in [0.2, 0.25) is 5.91 Å². The van der Waals surface area contributed by atoms with Crippen molar-refractivity contribution in [3.63, 3.8) is 0 Å². The van der Waals surface area contributed by atoms with Crippen molar-refractivity contribution in [2.75, 3.05) is 26.2 Å². The van der Waals surface area contributed by atoms with Crippen LogP contribution in [0.5, 0.6) is 0 Å². The fraction of sp³-hybridized carbons (Fsp3) is 0.632. The quantitative estimate of drug-likeness (QED) is 0.812. The number of nitrogens with one attached hydrogen (secondary N) is 2. The molecule has 3 rings (SSSR count). The Morgan fingerprint density at radius 3 is 2.52 bits per heavy atom. The standard InChI is InChI=1S/C19H29N3O/c1-15(17-5-3-2-4-6-17)21-19(23)14-22-11-9-18(10-12-22)20-13-16-7-8-16/h2-6,15-16,18,20H,7-14H2,1H3,(H,21,23). The molecule has 2 aliphatic rings. The average Bonchev–Trinajstić information content (AvgIpc) is 3.39. The van der Waals surface area contributed by atoms with E-state index in [2.05, 4.69) is 27.7 Å². The van der Waals surface area contributed by atoms with Gasteiger partial charge >= 0.3 is 0 Å². The Balaban J connectivity index is 1.35. The summed E-state index contributed by atoms with van der Waals surface area (Å²) in [7, 11) is 0. The van der Waals surface area contributed by atoms with Crippen LogP contribution >= 0.6 is 0 Å². The number of carbonyl (C=O) groups is 1. The number of benzene rings is 1. The summed E-state index contributed by atoms with van der Waals surface area (Å²) in [6.45, 7) is 5.80. The van der Waals surface area contributed by atoms with Crippen molar-refractivity contribution in [1.29, 1.82) is 0 Å². The van der Waals surface area contributed by atoms with Gasteiger partial charge in [0.15, 0.2) is 0 Å². The van der Waals surface area contributed by atoms with Crippen LogP contribution in [-0.2, 0) is 4.79 Å². The van der Waals surface area contributed by atoms with Gasteiger partial charge in [-0.25, -0.2) is 0 Å². The summed E-state index contributed by atoms with van der Waals surface area (Å²) in [5, 5.41) is 6.79. The van der Waals surface area contributed by atoms with Crippen molar-refractivity contribution in [3.8, 4) is 0 Å². The molecule has 1 saturated carbocycles. The smallest absolute Gasteiger partial charge is 0.234 e. The second-order valence-electron chi connectivity index (χ2n) is 7.10. The normalized spacial score (nSPS) is 21.1. The minimum absolute atomic E-state index is 0.0708. The molecular formula is C19H29N3O. The topological polar surface area (TPSA) is 44.4 Å². The maximum Gasteiger partial charge on any atom is 0.234 e. The van der Waals surface area contributed by atoms with Crippen LogP contribution in [0.15, 0.2) is 30.3 Å². The molecule has 1 aromatic carbocycles. The van der Waals surface area contributed by atoms with E-state index in [1.165, 1.54) is 19.4 Å². The second-order valence-corrected chi connectivity index (χ2v) is 7.10. The Morgan fingerprint density at radius 2 is 1.87 bits per heavy atom. The molecule has 1 aliphatic carbocycles. The minimum Gasteiger partial charge on any atom is -0.348 e. The zero-order valence-electron chi connectivity index (χ0n) is 14.1. The highest BCUT2D eigenvalue weighted by atomic mass is 16.2. The van der Waals surface area contributed by atoms with Crippen LogP contribution in [0.3, 0.4) is 0 Å². The van der Waals surface area contributed by atoms with E-state index in [0.29, 0.717) is 12.6 Å².